The van der Waals surface area contributed by atoms with E-state index < -0.39 is 0 Å². The molecule has 0 amide bonds. The second-order valence-electron chi connectivity index (χ2n) is 3.44. The summed E-state index contributed by atoms with van der Waals surface area (Å²) in [5.74, 6) is -0.0712. The summed E-state index contributed by atoms with van der Waals surface area (Å²) < 4.78 is 0. The highest BCUT2D eigenvalue weighted by molar-refractivity contribution is 7.14. The summed E-state index contributed by atoms with van der Waals surface area (Å²) in [5, 5.41) is 0.416. The Hall–Kier alpha value is -1.32. The van der Waals surface area contributed by atoms with Gasteiger partial charge in [-0.2, -0.15) is 0 Å². The van der Waals surface area contributed by atoms with Crippen LogP contribution in [0.5, 0.6) is 0 Å². The minimum absolute atomic E-state index is 0.0712. The van der Waals surface area contributed by atoms with Crippen molar-refractivity contribution in [3.05, 3.63) is 50.7 Å². The number of carbonyl (C=O) groups excluding carboxylic acids is 1. The largest absolute Gasteiger partial charge is 0.397 e. The molecule has 0 saturated heterocycles. The zero-order valence-corrected chi connectivity index (χ0v) is 10.2. The number of hydrogen-bond donors (Lipinski definition) is 1. The molecule has 0 aliphatic rings. The Labute approximate surface area is 103 Å². The average molecular weight is 252 g/mol. The number of aryl methyl sites for hydroxylation is 1. The third-order valence-electron chi connectivity index (χ3n) is 2.26. The molecule has 2 N–H and O–H groups in total. The maximum absolute atomic E-state index is 12.1. The van der Waals surface area contributed by atoms with Gasteiger partial charge in [-0.1, -0.05) is 17.7 Å². The van der Waals surface area contributed by atoms with Crippen molar-refractivity contribution in [3.63, 3.8) is 0 Å². The fraction of sp³-hybridized carbons (Fsp3) is 0.0833. The molecule has 0 radical (unpaired) electrons. The van der Waals surface area contributed by atoms with E-state index >= 15 is 0 Å². The lowest BCUT2D eigenvalue weighted by Crippen LogP contribution is -2.03. The van der Waals surface area contributed by atoms with Gasteiger partial charge in [0, 0.05) is 10.4 Å². The van der Waals surface area contributed by atoms with Crippen molar-refractivity contribution >= 4 is 34.4 Å². The number of nitrogens with two attached hydrogens (primary N) is 1. The SMILES string of the molecule is Cc1ccc(C(=O)c2cccc(Cl)c2N)s1. The number of rotatable bonds is 2. The van der Waals surface area contributed by atoms with Crippen LogP contribution in [0.4, 0.5) is 5.69 Å². The summed E-state index contributed by atoms with van der Waals surface area (Å²) in [6, 6.07) is 8.82. The molecule has 1 aromatic heterocycles. The lowest BCUT2D eigenvalue weighted by molar-refractivity contribution is 0.104. The average Bonchev–Trinajstić information content (AvgIpc) is 2.68. The minimum Gasteiger partial charge on any atom is -0.397 e. The van der Waals surface area contributed by atoms with Crippen LogP contribution in [-0.2, 0) is 0 Å². The molecule has 0 bridgehead atoms. The monoisotopic (exact) mass is 251 g/mol. The van der Waals surface area contributed by atoms with Crippen molar-refractivity contribution in [1.29, 1.82) is 0 Å². The normalized spacial score (nSPS) is 10.4. The van der Waals surface area contributed by atoms with E-state index in [-0.39, 0.29) is 5.78 Å². The van der Waals surface area contributed by atoms with Gasteiger partial charge in [0.25, 0.3) is 0 Å². The molecule has 0 atom stereocenters. The molecule has 0 spiro atoms. The third-order valence-corrected chi connectivity index (χ3v) is 3.59. The molecule has 2 aromatic rings. The van der Waals surface area contributed by atoms with Crippen LogP contribution in [0.25, 0.3) is 0 Å². The first kappa shape index (κ1) is 11.2. The Balaban J connectivity index is 2.45. The Morgan fingerprint density at radius 3 is 2.69 bits per heavy atom. The van der Waals surface area contributed by atoms with Crippen LogP contribution >= 0.6 is 22.9 Å². The van der Waals surface area contributed by atoms with Gasteiger partial charge >= 0.3 is 0 Å². The number of ketones is 1. The molecule has 4 heteroatoms. The van der Waals surface area contributed by atoms with Crippen LogP contribution in [0.1, 0.15) is 20.1 Å². The summed E-state index contributed by atoms with van der Waals surface area (Å²) in [6.45, 7) is 1.96. The quantitative estimate of drug-likeness (QED) is 0.656. The second-order valence-corrected chi connectivity index (χ2v) is 5.14. The molecule has 16 heavy (non-hydrogen) atoms. The number of benzene rings is 1. The van der Waals surface area contributed by atoms with E-state index in [0.29, 0.717) is 21.2 Å². The molecular formula is C12H10ClNOS. The zero-order chi connectivity index (χ0) is 11.7. The standard InChI is InChI=1S/C12H10ClNOS/c1-7-5-6-10(16-7)12(15)8-3-2-4-9(13)11(8)14/h2-6H,14H2,1H3. The maximum Gasteiger partial charge on any atom is 0.205 e. The van der Waals surface area contributed by atoms with Crippen molar-refractivity contribution in [1.82, 2.24) is 0 Å². The zero-order valence-electron chi connectivity index (χ0n) is 8.66. The first-order chi connectivity index (χ1) is 7.59. The van der Waals surface area contributed by atoms with Crippen LogP contribution in [0.2, 0.25) is 5.02 Å². The van der Waals surface area contributed by atoms with Crippen molar-refractivity contribution in [2.75, 3.05) is 5.73 Å². The first-order valence-electron chi connectivity index (χ1n) is 4.74. The van der Waals surface area contributed by atoms with Crippen LogP contribution in [0.3, 0.4) is 0 Å². The van der Waals surface area contributed by atoms with Gasteiger partial charge in [0.05, 0.1) is 15.6 Å². The number of nitrogen functional groups attached to an aromatic ring is 1. The smallest absolute Gasteiger partial charge is 0.205 e. The van der Waals surface area contributed by atoms with Gasteiger partial charge in [-0.25, -0.2) is 0 Å². The molecule has 0 unspecified atom stereocenters. The molecule has 0 aliphatic carbocycles. The fourth-order valence-electron chi connectivity index (χ4n) is 1.42. The number of thiophene rings is 1. The molecule has 0 fully saturated rings. The number of anilines is 1. The molecular weight excluding hydrogens is 242 g/mol. The van der Waals surface area contributed by atoms with Gasteiger partial charge in [0.15, 0.2) is 0 Å². The Bertz CT molecular complexity index is 548. The molecule has 82 valence electrons. The van der Waals surface area contributed by atoms with Gasteiger partial charge in [-0.05, 0) is 31.2 Å². The van der Waals surface area contributed by atoms with E-state index in [1.807, 2.05) is 19.1 Å². The van der Waals surface area contributed by atoms with E-state index in [2.05, 4.69) is 0 Å². The number of hydrogen-bond acceptors (Lipinski definition) is 3. The fourth-order valence-corrected chi connectivity index (χ4v) is 2.42. The van der Waals surface area contributed by atoms with Crippen molar-refractivity contribution in [2.24, 2.45) is 0 Å². The summed E-state index contributed by atoms with van der Waals surface area (Å²) >= 11 is 7.33. The molecule has 1 heterocycles. The van der Waals surface area contributed by atoms with E-state index in [1.54, 1.807) is 18.2 Å². The molecule has 0 aliphatic heterocycles. The summed E-state index contributed by atoms with van der Waals surface area (Å²) in [5.41, 5.74) is 6.59. The van der Waals surface area contributed by atoms with Gasteiger partial charge in [-0.15, -0.1) is 11.3 Å². The first-order valence-corrected chi connectivity index (χ1v) is 5.94. The Kier molecular flexibility index (Phi) is 2.99. The highest BCUT2D eigenvalue weighted by atomic mass is 35.5. The Morgan fingerprint density at radius 1 is 1.31 bits per heavy atom. The topological polar surface area (TPSA) is 43.1 Å². The summed E-state index contributed by atoms with van der Waals surface area (Å²) in [4.78, 5) is 13.9. The predicted octanol–water partition coefficient (Wildman–Crippen LogP) is 3.52. The van der Waals surface area contributed by atoms with Gasteiger partial charge in [0.2, 0.25) is 5.78 Å². The van der Waals surface area contributed by atoms with Gasteiger partial charge in [0.1, 0.15) is 0 Å². The predicted molar refractivity (Wildman–Crippen MR) is 68.4 cm³/mol. The minimum atomic E-state index is -0.0712. The summed E-state index contributed by atoms with van der Waals surface area (Å²) in [7, 11) is 0. The second kappa shape index (κ2) is 4.28. The van der Waals surface area contributed by atoms with Crippen molar-refractivity contribution < 1.29 is 4.79 Å². The maximum atomic E-state index is 12.1. The van der Waals surface area contributed by atoms with Crippen LogP contribution < -0.4 is 5.73 Å². The van der Waals surface area contributed by atoms with Gasteiger partial charge < -0.3 is 5.73 Å². The highest BCUT2D eigenvalue weighted by Crippen LogP contribution is 2.26. The molecule has 0 saturated carbocycles. The van der Waals surface area contributed by atoms with E-state index in [4.69, 9.17) is 17.3 Å². The number of para-hydroxylation sites is 1. The van der Waals surface area contributed by atoms with Crippen molar-refractivity contribution in [3.8, 4) is 0 Å². The lowest BCUT2D eigenvalue weighted by Gasteiger charge is -2.04. The Morgan fingerprint density at radius 2 is 2.06 bits per heavy atom. The van der Waals surface area contributed by atoms with E-state index in [9.17, 15) is 4.79 Å². The molecule has 1 aromatic carbocycles. The summed E-state index contributed by atoms with van der Waals surface area (Å²) in [6.07, 6.45) is 0. The number of carbonyl (C=O) groups is 1. The number of halogens is 1. The molecule has 2 rings (SSSR count). The van der Waals surface area contributed by atoms with E-state index in [0.717, 1.165) is 4.88 Å². The van der Waals surface area contributed by atoms with Crippen LogP contribution in [0.15, 0.2) is 30.3 Å². The molecule has 2 nitrogen and oxygen atoms in total. The third kappa shape index (κ3) is 1.96. The lowest BCUT2D eigenvalue weighted by atomic mass is 10.1. The van der Waals surface area contributed by atoms with E-state index in [1.165, 1.54) is 11.3 Å². The highest BCUT2D eigenvalue weighted by Gasteiger charge is 2.15. The van der Waals surface area contributed by atoms with Crippen LogP contribution in [-0.4, -0.2) is 5.78 Å². The van der Waals surface area contributed by atoms with Gasteiger partial charge in [-0.3, -0.25) is 4.79 Å². The van der Waals surface area contributed by atoms with Crippen molar-refractivity contribution in [2.45, 2.75) is 6.92 Å². The van der Waals surface area contributed by atoms with Crippen LogP contribution in [0, 0.1) is 6.92 Å².